The van der Waals surface area contributed by atoms with Crippen LogP contribution in [0.15, 0.2) is 42.6 Å². The van der Waals surface area contributed by atoms with Crippen molar-refractivity contribution in [1.29, 1.82) is 0 Å². The van der Waals surface area contributed by atoms with E-state index in [-0.39, 0.29) is 23.0 Å². The number of carbonyl (C=O) groups is 1. The number of phenols is 2. The van der Waals surface area contributed by atoms with E-state index in [0.717, 1.165) is 5.69 Å². The molecule has 0 aliphatic rings. The van der Waals surface area contributed by atoms with Crippen LogP contribution in [0.3, 0.4) is 0 Å². The second kappa shape index (κ2) is 6.06. The number of carbonyl (C=O) groups excluding carboxylic acids is 1. The average Bonchev–Trinajstić information content (AvgIpc) is 2.44. The van der Waals surface area contributed by atoms with Crippen molar-refractivity contribution < 1.29 is 15.0 Å². The Bertz CT molecular complexity index is 579. The Morgan fingerprint density at radius 2 is 1.90 bits per heavy atom. The fourth-order valence-electron chi connectivity index (χ4n) is 1.87. The van der Waals surface area contributed by atoms with Gasteiger partial charge in [0.1, 0.15) is 11.5 Å². The van der Waals surface area contributed by atoms with Gasteiger partial charge in [0.15, 0.2) is 0 Å². The SMILES string of the molecule is CN(CCc1ccccn1)C(=O)c1cc(O)cc(O)c1. The third kappa shape index (κ3) is 3.47. The highest BCUT2D eigenvalue weighted by atomic mass is 16.3. The number of phenolic OH excluding ortho intramolecular Hbond substituents is 2. The maximum Gasteiger partial charge on any atom is 0.253 e. The summed E-state index contributed by atoms with van der Waals surface area (Å²) in [5.74, 6) is -0.523. The van der Waals surface area contributed by atoms with Gasteiger partial charge >= 0.3 is 0 Å². The van der Waals surface area contributed by atoms with Crippen LogP contribution in [0.2, 0.25) is 0 Å². The molecular formula is C15H16N2O3. The standard InChI is InChI=1S/C15H16N2O3/c1-17(7-5-12-4-2-3-6-16-12)15(20)11-8-13(18)10-14(19)9-11/h2-4,6,8-10,18-19H,5,7H2,1H3. The smallest absolute Gasteiger partial charge is 0.253 e. The van der Waals surface area contributed by atoms with Gasteiger partial charge in [-0.05, 0) is 24.3 Å². The molecule has 104 valence electrons. The van der Waals surface area contributed by atoms with Gasteiger partial charge < -0.3 is 15.1 Å². The van der Waals surface area contributed by atoms with Crippen LogP contribution in [0.5, 0.6) is 11.5 Å². The highest BCUT2D eigenvalue weighted by molar-refractivity contribution is 5.94. The molecule has 1 heterocycles. The quantitative estimate of drug-likeness (QED) is 0.890. The predicted molar refractivity (Wildman–Crippen MR) is 74.7 cm³/mol. The van der Waals surface area contributed by atoms with Crippen molar-refractivity contribution in [2.45, 2.75) is 6.42 Å². The zero-order valence-electron chi connectivity index (χ0n) is 11.2. The molecule has 20 heavy (non-hydrogen) atoms. The molecule has 0 aliphatic carbocycles. The van der Waals surface area contributed by atoms with Gasteiger partial charge in [-0.15, -0.1) is 0 Å². The summed E-state index contributed by atoms with van der Waals surface area (Å²) < 4.78 is 0. The Balaban J connectivity index is 2.01. The monoisotopic (exact) mass is 272 g/mol. The highest BCUT2D eigenvalue weighted by Crippen LogP contribution is 2.21. The van der Waals surface area contributed by atoms with E-state index in [2.05, 4.69) is 4.98 Å². The number of rotatable bonds is 4. The molecule has 2 aromatic rings. The van der Waals surface area contributed by atoms with Crippen molar-refractivity contribution in [1.82, 2.24) is 9.88 Å². The van der Waals surface area contributed by atoms with Gasteiger partial charge in [0.2, 0.25) is 0 Å². The maximum atomic E-state index is 12.2. The van der Waals surface area contributed by atoms with Crippen LogP contribution in [0, 0.1) is 0 Å². The van der Waals surface area contributed by atoms with Crippen molar-refractivity contribution in [3.8, 4) is 11.5 Å². The van der Waals surface area contributed by atoms with Gasteiger partial charge in [0.05, 0.1) is 0 Å². The molecule has 1 aromatic heterocycles. The number of aromatic hydroxyl groups is 2. The third-order valence-electron chi connectivity index (χ3n) is 2.93. The first-order valence-corrected chi connectivity index (χ1v) is 6.24. The van der Waals surface area contributed by atoms with E-state index in [4.69, 9.17) is 0 Å². The van der Waals surface area contributed by atoms with Crippen molar-refractivity contribution in [3.63, 3.8) is 0 Å². The summed E-state index contributed by atoms with van der Waals surface area (Å²) in [5, 5.41) is 18.8. The molecule has 2 N–H and O–H groups in total. The lowest BCUT2D eigenvalue weighted by atomic mass is 10.1. The number of likely N-dealkylation sites (N-methyl/N-ethyl adjacent to an activating group) is 1. The number of amides is 1. The van der Waals surface area contributed by atoms with Gasteiger partial charge in [-0.2, -0.15) is 0 Å². The molecular weight excluding hydrogens is 256 g/mol. The van der Waals surface area contributed by atoms with Gasteiger partial charge in [0.25, 0.3) is 5.91 Å². The fourth-order valence-corrected chi connectivity index (χ4v) is 1.87. The first-order valence-electron chi connectivity index (χ1n) is 6.24. The lowest BCUT2D eigenvalue weighted by molar-refractivity contribution is 0.0795. The van der Waals surface area contributed by atoms with Crippen LogP contribution in [0.1, 0.15) is 16.1 Å². The molecule has 5 heteroatoms. The number of benzene rings is 1. The summed E-state index contributed by atoms with van der Waals surface area (Å²) in [5.41, 5.74) is 1.16. The lowest BCUT2D eigenvalue weighted by Gasteiger charge is -2.17. The Morgan fingerprint density at radius 3 is 2.50 bits per heavy atom. The van der Waals surface area contributed by atoms with Gasteiger partial charge in [-0.1, -0.05) is 6.07 Å². The minimum Gasteiger partial charge on any atom is -0.508 e. The number of hydrogen-bond acceptors (Lipinski definition) is 4. The van der Waals surface area contributed by atoms with Crippen LogP contribution in [-0.2, 0) is 6.42 Å². The van der Waals surface area contributed by atoms with Crippen molar-refractivity contribution >= 4 is 5.91 Å². The Morgan fingerprint density at radius 1 is 1.20 bits per heavy atom. The van der Waals surface area contributed by atoms with Crippen molar-refractivity contribution in [2.75, 3.05) is 13.6 Å². The van der Waals surface area contributed by atoms with E-state index >= 15 is 0 Å². The zero-order valence-corrected chi connectivity index (χ0v) is 11.2. The van der Waals surface area contributed by atoms with Crippen molar-refractivity contribution in [2.24, 2.45) is 0 Å². The Labute approximate surface area is 117 Å². The van der Waals surface area contributed by atoms with Crippen LogP contribution < -0.4 is 0 Å². The normalized spacial score (nSPS) is 10.2. The molecule has 2 rings (SSSR count). The van der Waals surface area contributed by atoms with E-state index in [9.17, 15) is 15.0 Å². The zero-order chi connectivity index (χ0) is 14.5. The molecule has 0 unspecified atom stereocenters. The highest BCUT2D eigenvalue weighted by Gasteiger charge is 2.13. The Hall–Kier alpha value is -2.56. The van der Waals surface area contributed by atoms with Gasteiger partial charge in [0, 0.05) is 43.5 Å². The Kier molecular flexibility index (Phi) is 4.20. The predicted octanol–water partition coefficient (Wildman–Crippen LogP) is 1.81. The number of pyridine rings is 1. The number of hydrogen-bond donors (Lipinski definition) is 2. The molecule has 0 saturated heterocycles. The van der Waals surface area contributed by atoms with Crippen molar-refractivity contribution in [3.05, 3.63) is 53.9 Å². The molecule has 0 radical (unpaired) electrons. The first kappa shape index (κ1) is 13.9. The summed E-state index contributed by atoms with van der Waals surface area (Å²) in [6.07, 6.45) is 2.36. The van der Waals surface area contributed by atoms with Crippen LogP contribution >= 0.6 is 0 Å². The van der Waals surface area contributed by atoms with Crippen LogP contribution in [0.25, 0.3) is 0 Å². The van der Waals surface area contributed by atoms with Gasteiger partial charge in [-0.25, -0.2) is 0 Å². The van der Waals surface area contributed by atoms with E-state index in [0.29, 0.717) is 13.0 Å². The lowest BCUT2D eigenvalue weighted by Crippen LogP contribution is -2.28. The molecule has 0 aliphatic heterocycles. The third-order valence-corrected chi connectivity index (χ3v) is 2.93. The molecule has 0 bridgehead atoms. The summed E-state index contributed by atoms with van der Waals surface area (Å²) in [6.45, 7) is 0.506. The topological polar surface area (TPSA) is 73.7 Å². The van der Waals surface area contributed by atoms with Crippen LogP contribution in [-0.4, -0.2) is 39.6 Å². The average molecular weight is 272 g/mol. The largest absolute Gasteiger partial charge is 0.508 e. The van der Waals surface area contributed by atoms with Crippen LogP contribution in [0.4, 0.5) is 0 Å². The first-order chi connectivity index (χ1) is 9.56. The maximum absolute atomic E-state index is 12.2. The number of nitrogens with zero attached hydrogens (tertiary/aromatic N) is 2. The van der Waals surface area contributed by atoms with E-state index in [1.54, 1.807) is 13.2 Å². The summed E-state index contributed by atoms with van der Waals surface area (Å²) in [4.78, 5) is 17.9. The van der Waals surface area contributed by atoms with E-state index < -0.39 is 0 Å². The molecule has 0 spiro atoms. The molecule has 0 saturated carbocycles. The second-order valence-corrected chi connectivity index (χ2v) is 4.54. The summed E-state index contributed by atoms with van der Waals surface area (Å²) in [6, 6.07) is 9.49. The number of aromatic nitrogens is 1. The molecule has 1 amide bonds. The summed E-state index contributed by atoms with van der Waals surface area (Å²) in [7, 11) is 1.67. The second-order valence-electron chi connectivity index (χ2n) is 4.54. The molecule has 0 fully saturated rings. The van der Waals surface area contributed by atoms with E-state index in [1.807, 2.05) is 18.2 Å². The molecule has 5 nitrogen and oxygen atoms in total. The summed E-state index contributed by atoms with van der Waals surface area (Å²) >= 11 is 0. The minimum atomic E-state index is -0.257. The fraction of sp³-hybridized carbons (Fsp3) is 0.200. The van der Waals surface area contributed by atoms with Gasteiger partial charge in [-0.3, -0.25) is 9.78 Å². The van der Waals surface area contributed by atoms with E-state index in [1.165, 1.54) is 23.1 Å². The molecule has 1 aromatic carbocycles. The molecule has 0 atom stereocenters. The minimum absolute atomic E-state index is 0.133.